The van der Waals surface area contributed by atoms with E-state index in [1.807, 2.05) is 44.2 Å². The topological polar surface area (TPSA) is 73.2 Å². The number of ether oxygens (including phenoxy) is 1. The van der Waals surface area contributed by atoms with Gasteiger partial charge in [0.1, 0.15) is 5.75 Å². The molecule has 0 unspecified atom stereocenters. The van der Waals surface area contributed by atoms with Crippen LogP contribution in [0.3, 0.4) is 0 Å². The van der Waals surface area contributed by atoms with Crippen molar-refractivity contribution in [1.29, 1.82) is 0 Å². The number of carbonyl (C=O) groups excluding carboxylic acids is 1. The lowest BCUT2D eigenvalue weighted by atomic mass is 10.1. The third kappa shape index (κ3) is 5.90. The van der Waals surface area contributed by atoms with Crippen LogP contribution in [0.5, 0.6) is 5.75 Å². The highest BCUT2D eigenvalue weighted by atomic mass is 79.9. The van der Waals surface area contributed by atoms with Crippen LogP contribution in [0.15, 0.2) is 58.1 Å². The zero-order valence-corrected chi connectivity index (χ0v) is 18.1. The molecule has 1 amide bonds. The molecule has 29 heavy (non-hydrogen) atoms. The fraction of sp³-hybridized carbons (Fsp3) is 0.318. The van der Waals surface area contributed by atoms with Gasteiger partial charge in [0, 0.05) is 24.0 Å². The van der Waals surface area contributed by atoms with Crippen LogP contribution in [0.1, 0.15) is 25.8 Å². The van der Waals surface area contributed by atoms with Gasteiger partial charge in [-0.15, -0.1) is 0 Å². The smallest absolute Gasteiger partial charge is 0.261 e. The van der Waals surface area contributed by atoms with E-state index >= 15 is 0 Å². The van der Waals surface area contributed by atoms with Gasteiger partial charge in [-0.25, -0.2) is 4.98 Å². The summed E-state index contributed by atoms with van der Waals surface area (Å²) in [7, 11) is 0. The summed E-state index contributed by atoms with van der Waals surface area (Å²) in [6.45, 7) is 4.82. The Kier molecular flexibility index (Phi) is 7.04. The van der Waals surface area contributed by atoms with Crippen molar-refractivity contribution in [3.8, 4) is 5.75 Å². The average Bonchev–Trinajstić information content (AvgIpc) is 2.69. The Morgan fingerprint density at radius 1 is 1.21 bits per heavy atom. The summed E-state index contributed by atoms with van der Waals surface area (Å²) in [6, 6.07) is 13.3. The van der Waals surface area contributed by atoms with Crippen molar-refractivity contribution in [2.45, 2.75) is 39.3 Å². The van der Waals surface area contributed by atoms with Crippen molar-refractivity contribution in [1.82, 2.24) is 14.9 Å². The van der Waals surface area contributed by atoms with Crippen LogP contribution in [0.25, 0.3) is 10.9 Å². The second kappa shape index (κ2) is 9.69. The fourth-order valence-electron chi connectivity index (χ4n) is 2.95. The number of hydrogen-bond acceptors (Lipinski definition) is 4. The quantitative estimate of drug-likeness (QED) is 0.559. The molecule has 0 saturated heterocycles. The molecule has 0 radical (unpaired) electrons. The Labute approximate surface area is 178 Å². The first-order chi connectivity index (χ1) is 13.9. The van der Waals surface area contributed by atoms with Gasteiger partial charge in [0.2, 0.25) is 5.91 Å². The molecule has 152 valence electrons. The highest BCUT2D eigenvalue weighted by Gasteiger charge is 2.07. The zero-order chi connectivity index (χ0) is 20.8. The lowest BCUT2D eigenvalue weighted by Crippen LogP contribution is -2.29. The van der Waals surface area contributed by atoms with Crippen LogP contribution in [-0.4, -0.2) is 28.1 Å². The van der Waals surface area contributed by atoms with Gasteiger partial charge in [-0.1, -0.05) is 28.1 Å². The predicted octanol–water partition coefficient (Wildman–Crippen LogP) is 3.70. The Hall–Kier alpha value is -2.67. The minimum atomic E-state index is -0.146. The summed E-state index contributed by atoms with van der Waals surface area (Å²) in [5.74, 6) is 0.750. The lowest BCUT2D eigenvalue weighted by Gasteiger charge is -2.10. The molecule has 0 aliphatic heterocycles. The van der Waals surface area contributed by atoms with Crippen LogP contribution in [-0.2, 0) is 17.8 Å². The maximum atomic E-state index is 12.5. The average molecular weight is 458 g/mol. The fourth-order valence-corrected chi connectivity index (χ4v) is 3.32. The second-order valence-corrected chi connectivity index (χ2v) is 7.98. The van der Waals surface area contributed by atoms with E-state index in [1.54, 1.807) is 12.1 Å². The summed E-state index contributed by atoms with van der Waals surface area (Å²) >= 11 is 3.37. The molecule has 3 aromatic rings. The second-order valence-electron chi connectivity index (χ2n) is 7.07. The Balaban J connectivity index is 1.48. The first-order valence-corrected chi connectivity index (χ1v) is 10.4. The maximum absolute atomic E-state index is 12.5. The standard InChI is InChI=1S/C22H24BrN3O3/c1-15(2)29-18-6-3-16(4-7-18)9-11-24-21(27)10-12-26-14-25-20-8-5-17(23)13-19(20)22(26)28/h3-8,13-15H,9-12H2,1-2H3,(H,24,27). The summed E-state index contributed by atoms with van der Waals surface area (Å²) in [5, 5.41) is 3.43. The molecule has 6 nitrogen and oxygen atoms in total. The van der Waals surface area contributed by atoms with Crippen LogP contribution < -0.4 is 15.6 Å². The molecule has 0 aliphatic rings. The summed E-state index contributed by atoms with van der Waals surface area (Å²) < 4.78 is 7.92. The zero-order valence-electron chi connectivity index (χ0n) is 16.5. The van der Waals surface area contributed by atoms with Gasteiger partial charge >= 0.3 is 0 Å². The van der Waals surface area contributed by atoms with Gasteiger partial charge in [0.25, 0.3) is 5.56 Å². The Morgan fingerprint density at radius 2 is 1.97 bits per heavy atom. The van der Waals surface area contributed by atoms with E-state index in [4.69, 9.17) is 4.74 Å². The van der Waals surface area contributed by atoms with Crippen molar-refractivity contribution in [3.63, 3.8) is 0 Å². The normalized spacial score (nSPS) is 11.0. The Morgan fingerprint density at radius 3 is 2.69 bits per heavy atom. The predicted molar refractivity (Wildman–Crippen MR) is 117 cm³/mol. The monoisotopic (exact) mass is 457 g/mol. The number of carbonyl (C=O) groups is 1. The maximum Gasteiger partial charge on any atom is 0.261 e. The molecule has 0 bridgehead atoms. The van der Waals surface area contributed by atoms with Crippen LogP contribution in [0.2, 0.25) is 0 Å². The molecule has 0 spiro atoms. The van der Waals surface area contributed by atoms with E-state index in [0.29, 0.717) is 24.0 Å². The number of fused-ring (bicyclic) bond motifs is 1. The van der Waals surface area contributed by atoms with E-state index in [0.717, 1.165) is 22.2 Å². The number of nitrogens with zero attached hydrogens (tertiary/aromatic N) is 2. The minimum Gasteiger partial charge on any atom is -0.491 e. The third-order valence-corrected chi connectivity index (χ3v) is 4.89. The number of rotatable bonds is 8. The number of aryl methyl sites for hydroxylation is 1. The van der Waals surface area contributed by atoms with Gasteiger partial charge in [-0.2, -0.15) is 0 Å². The summed E-state index contributed by atoms with van der Waals surface area (Å²) in [5.41, 5.74) is 1.62. The third-order valence-electron chi connectivity index (χ3n) is 4.40. The molecule has 0 saturated carbocycles. The first kappa shape index (κ1) is 21.0. The van der Waals surface area contributed by atoms with Gasteiger partial charge in [-0.05, 0) is 56.2 Å². The first-order valence-electron chi connectivity index (χ1n) is 9.59. The van der Waals surface area contributed by atoms with E-state index in [9.17, 15) is 9.59 Å². The van der Waals surface area contributed by atoms with Crippen molar-refractivity contribution in [3.05, 3.63) is 69.2 Å². The van der Waals surface area contributed by atoms with Crippen LogP contribution >= 0.6 is 15.9 Å². The van der Waals surface area contributed by atoms with E-state index in [-0.39, 0.29) is 24.0 Å². The molecular weight excluding hydrogens is 434 g/mol. The SMILES string of the molecule is CC(C)Oc1ccc(CCNC(=O)CCn2cnc3ccc(Br)cc3c2=O)cc1. The molecule has 1 aromatic heterocycles. The van der Waals surface area contributed by atoms with E-state index in [1.165, 1.54) is 10.9 Å². The highest BCUT2D eigenvalue weighted by molar-refractivity contribution is 9.10. The number of amides is 1. The molecule has 1 heterocycles. The van der Waals surface area contributed by atoms with E-state index in [2.05, 4.69) is 26.2 Å². The van der Waals surface area contributed by atoms with Gasteiger partial charge in [0.05, 0.1) is 23.3 Å². The molecule has 0 aliphatic carbocycles. The number of hydrogen-bond donors (Lipinski definition) is 1. The molecule has 7 heteroatoms. The van der Waals surface area contributed by atoms with Crippen LogP contribution in [0.4, 0.5) is 0 Å². The van der Waals surface area contributed by atoms with Crippen molar-refractivity contribution in [2.75, 3.05) is 6.54 Å². The van der Waals surface area contributed by atoms with Crippen LogP contribution in [0, 0.1) is 0 Å². The van der Waals surface area contributed by atoms with E-state index < -0.39 is 0 Å². The Bertz CT molecular complexity index is 1050. The minimum absolute atomic E-state index is 0.0917. The largest absolute Gasteiger partial charge is 0.491 e. The lowest BCUT2D eigenvalue weighted by molar-refractivity contribution is -0.121. The molecular formula is C22H24BrN3O3. The van der Waals surface area contributed by atoms with Crippen molar-refractivity contribution >= 4 is 32.7 Å². The van der Waals surface area contributed by atoms with Crippen molar-refractivity contribution < 1.29 is 9.53 Å². The van der Waals surface area contributed by atoms with Gasteiger partial charge in [0.15, 0.2) is 0 Å². The number of halogens is 1. The summed E-state index contributed by atoms with van der Waals surface area (Å²) in [4.78, 5) is 29.0. The molecule has 0 atom stereocenters. The number of nitrogens with one attached hydrogen (secondary N) is 1. The van der Waals surface area contributed by atoms with Crippen molar-refractivity contribution in [2.24, 2.45) is 0 Å². The number of benzene rings is 2. The highest BCUT2D eigenvalue weighted by Crippen LogP contribution is 2.15. The molecule has 1 N–H and O–H groups in total. The molecule has 3 rings (SSSR count). The molecule has 2 aromatic carbocycles. The summed E-state index contributed by atoms with van der Waals surface area (Å²) in [6.07, 6.45) is 2.60. The van der Waals surface area contributed by atoms with Gasteiger partial charge < -0.3 is 10.1 Å². The number of aromatic nitrogens is 2. The molecule has 0 fully saturated rings. The van der Waals surface area contributed by atoms with Gasteiger partial charge in [-0.3, -0.25) is 14.2 Å².